The van der Waals surface area contributed by atoms with Crippen molar-refractivity contribution in [2.24, 2.45) is 0 Å². The van der Waals surface area contributed by atoms with E-state index in [4.69, 9.17) is 10.5 Å². The number of hydrogen-bond acceptors (Lipinski definition) is 6. The van der Waals surface area contributed by atoms with E-state index in [9.17, 15) is 9.59 Å². The van der Waals surface area contributed by atoms with Crippen LogP contribution < -0.4 is 10.6 Å². The third kappa shape index (κ3) is 3.31. The second-order valence-electron chi connectivity index (χ2n) is 6.06. The van der Waals surface area contributed by atoms with Crippen LogP contribution in [-0.2, 0) is 16.0 Å². The molecule has 3 rings (SSSR count). The Morgan fingerprint density at radius 2 is 2.00 bits per heavy atom. The molecular weight excluding hydrogens is 320 g/mol. The molecule has 25 heavy (non-hydrogen) atoms. The van der Waals surface area contributed by atoms with E-state index in [0.717, 1.165) is 24.1 Å². The summed E-state index contributed by atoms with van der Waals surface area (Å²) in [7, 11) is 0. The highest BCUT2D eigenvalue weighted by molar-refractivity contribution is 6.00. The topological polar surface area (TPSA) is 98.4 Å². The fourth-order valence-electron chi connectivity index (χ4n) is 2.99. The SMILES string of the molecule is C[C@@H](OC(=O)c1nccnc1N)C(=O)N1c2ccccc2CC[C@@H]1C. The summed E-state index contributed by atoms with van der Waals surface area (Å²) in [6, 6.07) is 7.81. The molecule has 0 spiro atoms. The molecule has 7 heteroatoms. The molecule has 130 valence electrons. The molecule has 0 aliphatic carbocycles. The zero-order chi connectivity index (χ0) is 18.0. The number of aromatic nitrogens is 2. The minimum atomic E-state index is -0.956. The number of fused-ring (bicyclic) bond motifs is 1. The summed E-state index contributed by atoms with van der Waals surface area (Å²) in [4.78, 5) is 34.5. The molecule has 1 aromatic carbocycles. The standard InChI is InChI=1S/C18H20N4O3/c1-11-7-8-13-5-3-4-6-14(13)22(11)17(23)12(2)25-18(24)15-16(19)21-10-9-20-15/h3-6,9-12H,7-8H2,1-2H3,(H2,19,21)/t11-,12+/m0/s1. The Hall–Kier alpha value is -2.96. The molecule has 0 saturated carbocycles. The fourth-order valence-corrected chi connectivity index (χ4v) is 2.99. The van der Waals surface area contributed by atoms with Crippen molar-refractivity contribution in [3.8, 4) is 0 Å². The lowest BCUT2D eigenvalue weighted by Crippen LogP contribution is -2.47. The van der Waals surface area contributed by atoms with E-state index in [1.807, 2.05) is 31.2 Å². The first-order chi connectivity index (χ1) is 12.0. The number of hydrogen-bond donors (Lipinski definition) is 1. The normalized spacial score (nSPS) is 17.5. The molecule has 2 N–H and O–H groups in total. The molecule has 1 amide bonds. The van der Waals surface area contributed by atoms with E-state index in [1.165, 1.54) is 12.4 Å². The largest absolute Gasteiger partial charge is 0.448 e. The molecule has 2 atom stereocenters. The minimum absolute atomic E-state index is 0.0242. The molecule has 1 aliphatic heterocycles. The number of benzene rings is 1. The maximum atomic E-state index is 12.9. The van der Waals surface area contributed by atoms with Crippen LogP contribution in [0.4, 0.5) is 11.5 Å². The van der Waals surface area contributed by atoms with Crippen molar-refractivity contribution in [3.05, 3.63) is 47.9 Å². The Balaban J connectivity index is 1.79. The number of esters is 1. The smallest absolute Gasteiger partial charge is 0.361 e. The molecule has 0 unspecified atom stereocenters. The predicted octanol–water partition coefficient (Wildman–Crippen LogP) is 1.97. The first kappa shape index (κ1) is 16.9. The lowest BCUT2D eigenvalue weighted by Gasteiger charge is -2.36. The van der Waals surface area contributed by atoms with Crippen LogP contribution in [0.15, 0.2) is 36.7 Å². The number of amides is 1. The van der Waals surface area contributed by atoms with Crippen molar-refractivity contribution in [2.45, 2.75) is 38.8 Å². The number of aryl methyl sites for hydroxylation is 1. The van der Waals surface area contributed by atoms with Crippen LogP contribution in [0, 0.1) is 0 Å². The molecule has 0 bridgehead atoms. The Morgan fingerprint density at radius 3 is 2.76 bits per heavy atom. The van der Waals surface area contributed by atoms with Gasteiger partial charge in [-0.2, -0.15) is 0 Å². The number of nitrogen functional groups attached to an aromatic ring is 1. The predicted molar refractivity (Wildman–Crippen MR) is 93.0 cm³/mol. The number of carbonyl (C=O) groups excluding carboxylic acids is 2. The summed E-state index contributed by atoms with van der Waals surface area (Å²) in [5.74, 6) is -1.05. The molecule has 2 heterocycles. The number of ether oxygens (including phenoxy) is 1. The molecule has 0 radical (unpaired) electrons. The van der Waals surface area contributed by atoms with Crippen LogP contribution >= 0.6 is 0 Å². The van der Waals surface area contributed by atoms with Gasteiger partial charge >= 0.3 is 5.97 Å². The number of nitrogens with two attached hydrogens (primary N) is 1. The first-order valence-corrected chi connectivity index (χ1v) is 8.17. The molecule has 1 aromatic heterocycles. The van der Waals surface area contributed by atoms with E-state index >= 15 is 0 Å². The highest BCUT2D eigenvalue weighted by Gasteiger charge is 2.33. The Bertz CT molecular complexity index is 808. The van der Waals surface area contributed by atoms with Gasteiger partial charge in [-0.25, -0.2) is 14.8 Å². The van der Waals surface area contributed by atoms with E-state index < -0.39 is 12.1 Å². The number of rotatable bonds is 3. The van der Waals surface area contributed by atoms with E-state index in [0.29, 0.717) is 0 Å². The number of anilines is 2. The maximum Gasteiger partial charge on any atom is 0.361 e. The zero-order valence-electron chi connectivity index (χ0n) is 14.2. The molecule has 1 aliphatic rings. The number of nitrogens with zero attached hydrogens (tertiary/aromatic N) is 3. The van der Waals surface area contributed by atoms with Crippen molar-refractivity contribution in [1.29, 1.82) is 0 Å². The van der Waals surface area contributed by atoms with Crippen molar-refractivity contribution in [2.75, 3.05) is 10.6 Å². The number of para-hydroxylation sites is 1. The third-order valence-electron chi connectivity index (χ3n) is 4.31. The molecule has 0 saturated heterocycles. The van der Waals surface area contributed by atoms with Gasteiger partial charge in [0, 0.05) is 24.1 Å². The van der Waals surface area contributed by atoms with Crippen molar-refractivity contribution < 1.29 is 14.3 Å². The van der Waals surface area contributed by atoms with Crippen molar-refractivity contribution in [3.63, 3.8) is 0 Å². The lowest BCUT2D eigenvalue weighted by atomic mass is 9.96. The van der Waals surface area contributed by atoms with Gasteiger partial charge in [0.05, 0.1) is 0 Å². The summed E-state index contributed by atoms with van der Waals surface area (Å²) >= 11 is 0. The summed E-state index contributed by atoms with van der Waals surface area (Å²) in [6.07, 6.45) is 3.56. The first-order valence-electron chi connectivity index (χ1n) is 8.17. The van der Waals surface area contributed by atoms with E-state index in [1.54, 1.807) is 11.8 Å². The van der Waals surface area contributed by atoms with Crippen LogP contribution in [0.5, 0.6) is 0 Å². The van der Waals surface area contributed by atoms with Gasteiger partial charge in [-0.3, -0.25) is 4.79 Å². The second kappa shape index (κ2) is 6.88. The Labute approximate surface area is 145 Å². The van der Waals surface area contributed by atoms with Gasteiger partial charge in [0.15, 0.2) is 17.6 Å². The number of carbonyl (C=O) groups is 2. The van der Waals surface area contributed by atoms with Gasteiger partial charge in [-0.05, 0) is 38.3 Å². The average molecular weight is 340 g/mol. The second-order valence-corrected chi connectivity index (χ2v) is 6.06. The Kier molecular flexibility index (Phi) is 4.65. The summed E-state index contributed by atoms with van der Waals surface area (Å²) in [6.45, 7) is 3.54. The lowest BCUT2D eigenvalue weighted by molar-refractivity contribution is -0.127. The quantitative estimate of drug-likeness (QED) is 0.858. The fraction of sp³-hybridized carbons (Fsp3) is 0.333. The van der Waals surface area contributed by atoms with Gasteiger partial charge in [0.25, 0.3) is 5.91 Å². The van der Waals surface area contributed by atoms with Crippen LogP contribution in [0.25, 0.3) is 0 Å². The van der Waals surface area contributed by atoms with Crippen LogP contribution in [-0.4, -0.2) is 34.0 Å². The van der Waals surface area contributed by atoms with Gasteiger partial charge < -0.3 is 15.4 Å². The zero-order valence-corrected chi connectivity index (χ0v) is 14.2. The van der Waals surface area contributed by atoms with E-state index in [-0.39, 0.29) is 23.5 Å². The van der Waals surface area contributed by atoms with Crippen LogP contribution in [0.2, 0.25) is 0 Å². The highest BCUT2D eigenvalue weighted by Crippen LogP contribution is 2.31. The highest BCUT2D eigenvalue weighted by atomic mass is 16.5. The van der Waals surface area contributed by atoms with Gasteiger partial charge in [0.2, 0.25) is 0 Å². The molecule has 0 fully saturated rings. The summed E-state index contributed by atoms with van der Waals surface area (Å²) < 4.78 is 5.28. The third-order valence-corrected chi connectivity index (χ3v) is 4.31. The monoisotopic (exact) mass is 340 g/mol. The maximum absolute atomic E-state index is 12.9. The van der Waals surface area contributed by atoms with Gasteiger partial charge in [0.1, 0.15) is 0 Å². The molecular formula is C18H20N4O3. The Morgan fingerprint density at radius 1 is 1.28 bits per heavy atom. The van der Waals surface area contributed by atoms with Crippen molar-refractivity contribution >= 4 is 23.4 Å². The summed E-state index contributed by atoms with van der Waals surface area (Å²) in [5.41, 5.74) is 7.53. The molecule has 2 aromatic rings. The summed E-state index contributed by atoms with van der Waals surface area (Å²) in [5, 5.41) is 0. The van der Waals surface area contributed by atoms with E-state index in [2.05, 4.69) is 9.97 Å². The van der Waals surface area contributed by atoms with Crippen LogP contribution in [0.1, 0.15) is 36.3 Å². The average Bonchev–Trinajstić information content (AvgIpc) is 2.61. The van der Waals surface area contributed by atoms with Gasteiger partial charge in [-0.15, -0.1) is 0 Å². The van der Waals surface area contributed by atoms with Crippen molar-refractivity contribution in [1.82, 2.24) is 9.97 Å². The minimum Gasteiger partial charge on any atom is -0.448 e. The molecule has 7 nitrogen and oxygen atoms in total. The van der Waals surface area contributed by atoms with Crippen LogP contribution in [0.3, 0.4) is 0 Å². The van der Waals surface area contributed by atoms with Gasteiger partial charge in [-0.1, -0.05) is 18.2 Å².